The smallest absolute Gasteiger partial charge is 0.228 e. The average Bonchev–Trinajstić information content (AvgIpc) is 2.27. The maximum Gasteiger partial charge on any atom is 0.228 e. The van der Waals surface area contributed by atoms with Crippen molar-refractivity contribution in [1.29, 1.82) is 0 Å². The fraction of sp³-hybridized carbons (Fsp3) is 0.462. The van der Waals surface area contributed by atoms with Gasteiger partial charge < -0.3 is 15.0 Å². The van der Waals surface area contributed by atoms with E-state index >= 15 is 0 Å². The molecule has 5 heteroatoms. The number of methoxy groups -OCH3 is 1. The number of rotatable bonds is 4. The van der Waals surface area contributed by atoms with Crippen LogP contribution in [-0.4, -0.2) is 38.1 Å². The molecule has 1 N–H and O–H groups in total. The van der Waals surface area contributed by atoms with Gasteiger partial charge in [0.15, 0.2) is 0 Å². The second kappa shape index (κ2) is 5.35. The number of benzene rings is 1. The van der Waals surface area contributed by atoms with Crippen molar-refractivity contribution in [3.63, 3.8) is 0 Å². The molecule has 98 valence electrons. The minimum Gasteiger partial charge on any atom is -0.496 e. The van der Waals surface area contributed by atoms with Crippen molar-refractivity contribution in [2.75, 3.05) is 27.2 Å². The molecule has 0 radical (unpaired) electrons. The molecule has 1 heterocycles. The van der Waals surface area contributed by atoms with E-state index in [1.807, 2.05) is 0 Å². The fourth-order valence-electron chi connectivity index (χ4n) is 1.98. The lowest BCUT2D eigenvalue weighted by atomic mass is 10.0. The largest absolute Gasteiger partial charge is 0.496 e. The first-order valence-electron chi connectivity index (χ1n) is 5.90. The SMILES string of the molecule is COc1ccc(F)cc1CN(C)C(=O)C1CNC1. The van der Waals surface area contributed by atoms with Gasteiger partial charge in [0, 0.05) is 32.2 Å². The van der Waals surface area contributed by atoms with Crippen LogP contribution >= 0.6 is 0 Å². The monoisotopic (exact) mass is 252 g/mol. The predicted octanol–water partition coefficient (Wildman–Crippen LogP) is 1.01. The molecule has 1 aromatic rings. The highest BCUT2D eigenvalue weighted by Gasteiger charge is 2.27. The van der Waals surface area contributed by atoms with E-state index in [0.29, 0.717) is 17.9 Å². The Morgan fingerprint density at radius 3 is 2.83 bits per heavy atom. The van der Waals surface area contributed by atoms with Crippen LogP contribution < -0.4 is 10.1 Å². The van der Waals surface area contributed by atoms with Gasteiger partial charge >= 0.3 is 0 Å². The Morgan fingerprint density at radius 2 is 2.28 bits per heavy atom. The van der Waals surface area contributed by atoms with Crippen LogP contribution in [0.3, 0.4) is 0 Å². The molecular formula is C13H17FN2O2. The molecule has 0 unspecified atom stereocenters. The van der Waals surface area contributed by atoms with Gasteiger partial charge in [-0.25, -0.2) is 4.39 Å². The van der Waals surface area contributed by atoms with Crippen LogP contribution in [0.5, 0.6) is 5.75 Å². The minimum absolute atomic E-state index is 0.0505. The Bertz CT molecular complexity index is 447. The standard InChI is InChI=1S/C13H17FN2O2/c1-16(13(17)10-6-15-7-10)8-9-5-11(14)3-4-12(9)18-2/h3-5,10,15H,6-8H2,1-2H3. The van der Waals surface area contributed by atoms with Gasteiger partial charge in [0.1, 0.15) is 11.6 Å². The van der Waals surface area contributed by atoms with Crippen molar-refractivity contribution >= 4 is 5.91 Å². The van der Waals surface area contributed by atoms with E-state index in [0.717, 1.165) is 13.1 Å². The molecule has 0 bridgehead atoms. The average molecular weight is 252 g/mol. The molecular weight excluding hydrogens is 235 g/mol. The van der Waals surface area contributed by atoms with Gasteiger partial charge in [0.2, 0.25) is 5.91 Å². The van der Waals surface area contributed by atoms with Crippen molar-refractivity contribution < 1.29 is 13.9 Å². The summed E-state index contributed by atoms with van der Waals surface area (Å²) in [5.41, 5.74) is 0.681. The molecule has 18 heavy (non-hydrogen) atoms. The normalized spacial score (nSPS) is 15.1. The second-order valence-corrected chi connectivity index (χ2v) is 4.51. The van der Waals surface area contributed by atoms with Gasteiger partial charge in [-0.2, -0.15) is 0 Å². The quantitative estimate of drug-likeness (QED) is 0.869. The molecule has 1 amide bonds. The van der Waals surface area contributed by atoms with Crippen LogP contribution in [0.2, 0.25) is 0 Å². The number of halogens is 1. The van der Waals surface area contributed by atoms with Crippen LogP contribution in [-0.2, 0) is 11.3 Å². The third-order valence-corrected chi connectivity index (χ3v) is 3.16. The Balaban J connectivity index is 2.07. The zero-order chi connectivity index (χ0) is 13.1. The highest BCUT2D eigenvalue weighted by molar-refractivity contribution is 5.80. The van der Waals surface area contributed by atoms with Crippen molar-refractivity contribution in [2.24, 2.45) is 5.92 Å². The summed E-state index contributed by atoms with van der Waals surface area (Å²) in [6, 6.07) is 4.33. The molecule has 0 aromatic heterocycles. The molecule has 1 saturated heterocycles. The summed E-state index contributed by atoms with van der Waals surface area (Å²) < 4.78 is 18.4. The summed E-state index contributed by atoms with van der Waals surface area (Å²) in [6.07, 6.45) is 0. The summed E-state index contributed by atoms with van der Waals surface area (Å²) in [6.45, 7) is 1.81. The molecule has 0 saturated carbocycles. The molecule has 1 aliphatic rings. The number of hydrogen-bond acceptors (Lipinski definition) is 3. The number of carbonyl (C=O) groups excluding carboxylic acids is 1. The Morgan fingerprint density at radius 1 is 1.56 bits per heavy atom. The first-order chi connectivity index (χ1) is 8.61. The lowest BCUT2D eigenvalue weighted by Crippen LogP contribution is -2.51. The Hall–Kier alpha value is -1.62. The molecule has 4 nitrogen and oxygen atoms in total. The molecule has 0 spiro atoms. The molecule has 2 rings (SSSR count). The first kappa shape index (κ1) is 12.8. The van der Waals surface area contributed by atoms with Crippen molar-refractivity contribution in [1.82, 2.24) is 10.2 Å². The Kier molecular flexibility index (Phi) is 3.81. The minimum atomic E-state index is -0.322. The first-order valence-corrected chi connectivity index (χ1v) is 5.90. The van der Waals surface area contributed by atoms with Crippen molar-refractivity contribution in [3.8, 4) is 5.75 Å². The third kappa shape index (κ3) is 2.61. The van der Waals surface area contributed by atoms with Crippen LogP contribution in [0.4, 0.5) is 4.39 Å². The molecule has 0 aliphatic carbocycles. The number of nitrogens with one attached hydrogen (secondary N) is 1. The third-order valence-electron chi connectivity index (χ3n) is 3.16. The highest BCUT2D eigenvalue weighted by atomic mass is 19.1. The van der Waals surface area contributed by atoms with Gasteiger partial charge in [-0.3, -0.25) is 4.79 Å². The van der Waals surface area contributed by atoms with Crippen LogP contribution in [0, 0.1) is 11.7 Å². The van der Waals surface area contributed by atoms with E-state index in [1.54, 1.807) is 18.0 Å². The van der Waals surface area contributed by atoms with Gasteiger partial charge in [0.05, 0.1) is 13.0 Å². The van der Waals surface area contributed by atoms with Crippen molar-refractivity contribution in [2.45, 2.75) is 6.54 Å². The molecule has 1 aliphatic heterocycles. The second-order valence-electron chi connectivity index (χ2n) is 4.51. The van der Waals surface area contributed by atoms with E-state index in [1.165, 1.54) is 19.2 Å². The maximum absolute atomic E-state index is 13.2. The lowest BCUT2D eigenvalue weighted by molar-refractivity contribution is -0.136. The molecule has 1 fully saturated rings. The summed E-state index contributed by atoms with van der Waals surface area (Å²) in [5, 5.41) is 3.06. The topological polar surface area (TPSA) is 41.6 Å². The summed E-state index contributed by atoms with van der Waals surface area (Å²) in [7, 11) is 3.26. The van der Waals surface area contributed by atoms with Crippen LogP contribution in [0.15, 0.2) is 18.2 Å². The van der Waals surface area contributed by atoms with Crippen LogP contribution in [0.1, 0.15) is 5.56 Å². The van der Waals surface area contributed by atoms with Gasteiger partial charge in [0.25, 0.3) is 0 Å². The number of amides is 1. The van der Waals surface area contributed by atoms with Crippen LogP contribution in [0.25, 0.3) is 0 Å². The zero-order valence-electron chi connectivity index (χ0n) is 10.6. The van der Waals surface area contributed by atoms with E-state index < -0.39 is 0 Å². The summed E-state index contributed by atoms with van der Waals surface area (Å²) in [4.78, 5) is 13.6. The predicted molar refractivity (Wildman–Crippen MR) is 65.8 cm³/mol. The number of carbonyl (C=O) groups is 1. The van der Waals surface area contributed by atoms with Crippen molar-refractivity contribution in [3.05, 3.63) is 29.6 Å². The number of hydrogen-bond donors (Lipinski definition) is 1. The maximum atomic E-state index is 13.2. The van der Waals surface area contributed by atoms with Gasteiger partial charge in [-0.1, -0.05) is 0 Å². The van der Waals surface area contributed by atoms with Gasteiger partial charge in [-0.05, 0) is 18.2 Å². The summed E-state index contributed by atoms with van der Waals surface area (Å²) >= 11 is 0. The molecule has 0 atom stereocenters. The summed E-state index contributed by atoms with van der Waals surface area (Å²) in [5.74, 6) is 0.411. The molecule has 1 aromatic carbocycles. The fourth-order valence-corrected chi connectivity index (χ4v) is 1.98. The highest BCUT2D eigenvalue weighted by Crippen LogP contribution is 2.21. The zero-order valence-corrected chi connectivity index (χ0v) is 10.6. The van der Waals surface area contributed by atoms with E-state index in [-0.39, 0.29) is 17.6 Å². The van der Waals surface area contributed by atoms with E-state index in [9.17, 15) is 9.18 Å². The van der Waals surface area contributed by atoms with E-state index in [2.05, 4.69) is 5.32 Å². The van der Waals surface area contributed by atoms with Gasteiger partial charge in [-0.15, -0.1) is 0 Å². The Labute approximate surface area is 106 Å². The number of nitrogens with zero attached hydrogens (tertiary/aromatic N) is 1. The van der Waals surface area contributed by atoms with E-state index in [4.69, 9.17) is 4.74 Å². The number of ether oxygens (including phenoxy) is 1. The lowest BCUT2D eigenvalue weighted by Gasteiger charge is -2.30.